The molecule has 0 unspecified atom stereocenters. The van der Waals surface area contributed by atoms with Gasteiger partial charge >= 0.3 is 0 Å². The van der Waals surface area contributed by atoms with Crippen molar-refractivity contribution in [2.75, 3.05) is 11.9 Å². The highest BCUT2D eigenvalue weighted by molar-refractivity contribution is 6.35. The number of anilines is 1. The van der Waals surface area contributed by atoms with Gasteiger partial charge in [-0.3, -0.25) is 9.78 Å². The average molecular weight is 532 g/mol. The zero-order valence-electron chi connectivity index (χ0n) is 23.0. The Labute approximate surface area is 233 Å². The molecule has 7 heteroatoms. The molecule has 6 rings (SSSR count). The summed E-state index contributed by atoms with van der Waals surface area (Å²) in [7, 11) is 0. The summed E-state index contributed by atoms with van der Waals surface area (Å²) in [6.07, 6.45) is 9.14. The molecule has 0 fully saturated rings. The molecule has 202 valence electrons. The average Bonchev–Trinajstić information content (AvgIpc) is 3.60. The van der Waals surface area contributed by atoms with E-state index in [2.05, 4.69) is 53.2 Å². The summed E-state index contributed by atoms with van der Waals surface area (Å²) in [6, 6.07) is 16.0. The van der Waals surface area contributed by atoms with Crippen molar-refractivity contribution in [1.82, 2.24) is 15.0 Å². The van der Waals surface area contributed by atoms with Crippen LogP contribution < -0.4 is 15.8 Å². The maximum atomic E-state index is 12.9. The Bertz CT molecular complexity index is 1760. The van der Waals surface area contributed by atoms with E-state index in [-0.39, 0.29) is 11.9 Å². The molecule has 0 bridgehead atoms. The molecule has 0 saturated heterocycles. The number of carbonyl (C=O) groups excluding carboxylic acids is 1. The van der Waals surface area contributed by atoms with Crippen molar-refractivity contribution < 1.29 is 9.53 Å². The van der Waals surface area contributed by atoms with Crippen LogP contribution in [0.4, 0.5) is 5.69 Å². The number of para-hydroxylation sites is 1. The smallest absolute Gasteiger partial charge is 0.256 e. The number of nitrogens with two attached hydrogens (primary N) is 1. The highest BCUT2D eigenvalue weighted by Crippen LogP contribution is 2.37. The molecule has 5 N–H and O–H groups in total. The molecule has 1 amide bonds. The number of aromatic amines is 2. The third-order valence-electron chi connectivity index (χ3n) is 7.74. The number of amides is 1. The van der Waals surface area contributed by atoms with Gasteiger partial charge in [0, 0.05) is 57.5 Å². The van der Waals surface area contributed by atoms with Crippen molar-refractivity contribution in [2.24, 2.45) is 5.73 Å². The zero-order chi connectivity index (χ0) is 27.8. The van der Waals surface area contributed by atoms with Crippen LogP contribution in [0.1, 0.15) is 40.6 Å². The van der Waals surface area contributed by atoms with Gasteiger partial charge in [0.05, 0.1) is 11.8 Å². The minimum Gasteiger partial charge on any atom is -0.490 e. The first kappa shape index (κ1) is 25.6. The lowest BCUT2D eigenvalue weighted by Crippen LogP contribution is -2.30. The fourth-order valence-corrected chi connectivity index (χ4v) is 5.65. The van der Waals surface area contributed by atoms with Crippen molar-refractivity contribution >= 4 is 34.1 Å². The Morgan fingerprint density at radius 2 is 1.93 bits per heavy atom. The van der Waals surface area contributed by atoms with Gasteiger partial charge in [-0.15, -0.1) is 0 Å². The Morgan fingerprint density at radius 1 is 1.07 bits per heavy atom. The molecule has 0 radical (unpaired) electrons. The van der Waals surface area contributed by atoms with E-state index >= 15 is 0 Å². The SMILES string of the molecule is CCc1c(C)[nH]c(C=C2C(=O)Nc3ccc(-c4cncc(OC[C@@H](N)Cc5c[nH]c6ccccc56)c4)cc32)c1C. The summed E-state index contributed by atoms with van der Waals surface area (Å²) in [5.74, 6) is 0.554. The van der Waals surface area contributed by atoms with E-state index in [1.54, 1.807) is 12.4 Å². The second-order valence-electron chi connectivity index (χ2n) is 10.4. The van der Waals surface area contributed by atoms with Gasteiger partial charge in [-0.25, -0.2) is 0 Å². The summed E-state index contributed by atoms with van der Waals surface area (Å²) in [4.78, 5) is 24.1. The summed E-state index contributed by atoms with van der Waals surface area (Å²) in [5.41, 5.74) is 17.5. The van der Waals surface area contributed by atoms with Crippen molar-refractivity contribution in [3.63, 3.8) is 0 Å². The Balaban J connectivity index is 1.20. The predicted molar refractivity (Wildman–Crippen MR) is 161 cm³/mol. The number of aromatic nitrogens is 3. The van der Waals surface area contributed by atoms with Crippen LogP contribution in [-0.4, -0.2) is 33.5 Å². The number of pyridine rings is 1. The number of H-pyrrole nitrogens is 2. The van der Waals surface area contributed by atoms with Gasteiger partial charge in [0.1, 0.15) is 12.4 Å². The molecule has 5 aromatic rings. The number of ether oxygens (including phenoxy) is 1. The Kier molecular flexibility index (Phi) is 6.74. The number of nitrogens with one attached hydrogen (secondary N) is 3. The lowest BCUT2D eigenvalue weighted by atomic mass is 9.99. The first-order valence-electron chi connectivity index (χ1n) is 13.7. The largest absolute Gasteiger partial charge is 0.490 e. The van der Waals surface area contributed by atoms with Crippen LogP contribution in [0.5, 0.6) is 5.75 Å². The second kappa shape index (κ2) is 10.5. The summed E-state index contributed by atoms with van der Waals surface area (Å²) in [5, 5.41) is 4.18. The number of benzene rings is 2. The van der Waals surface area contributed by atoms with E-state index in [0.717, 1.165) is 45.7 Å². The van der Waals surface area contributed by atoms with Gasteiger partial charge in [0.2, 0.25) is 0 Å². The van der Waals surface area contributed by atoms with Gasteiger partial charge in [-0.2, -0.15) is 0 Å². The molecule has 4 heterocycles. The van der Waals surface area contributed by atoms with Crippen LogP contribution >= 0.6 is 0 Å². The fourth-order valence-electron chi connectivity index (χ4n) is 5.65. The van der Waals surface area contributed by atoms with Gasteiger partial charge in [-0.1, -0.05) is 31.2 Å². The zero-order valence-corrected chi connectivity index (χ0v) is 23.0. The molecule has 40 heavy (non-hydrogen) atoms. The molecular formula is C33H33N5O2. The fraction of sp³-hybridized carbons (Fsp3) is 0.212. The number of carbonyl (C=O) groups is 1. The van der Waals surface area contributed by atoms with E-state index in [1.807, 2.05) is 48.7 Å². The molecule has 0 aliphatic carbocycles. The molecule has 1 atom stereocenters. The van der Waals surface area contributed by atoms with Crippen LogP contribution in [0.2, 0.25) is 0 Å². The first-order valence-corrected chi connectivity index (χ1v) is 13.7. The number of nitrogens with zero attached hydrogens (tertiary/aromatic N) is 1. The molecular weight excluding hydrogens is 498 g/mol. The van der Waals surface area contributed by atoms with E-state index in [0.29, 0.717) is 24.4 Å². The molecule has 1 aliphatic heterocycles. The number of rotatable bonds is 8. The molecule has 7 nitrogen and oxygen atoms in total. The first-order chi connectivity index (χ1) is 19.4. The topological polar surface area (TPSA) is 109 Å². The lowest BCUT2D eigenvalue weighted by molar-refractivity contribution is -0.110. The monoisotopic (exact) mass is 531 g/mol. The van der Waals surface area contributed by atoms with E-state index in [4.69, 9.17) is 10.5 Å². The third-order valence-corrected chi connectivity index (χ3v) is 7.74. The number of fused-ring (bicyclic) bond motifs is 2. The number of aryl methyl sites for hydroxylation is 1. The highest BCUT2D eigenvalue weighted by atomic mass is 16.5. The van der Waals surface area contributed by atoms with E-state index in [1.165, 1.54) is 22.1 Å². The second-order valence-corrected chi connectivity index (χ2v) is 10.4. The maximum absolute atomic E-state index is 12.9. The standard InChI is InChI=1S/C33H33N5O2/c1-4-26-19(2)32(37-20(26)3)14-29-28-13-21(9-10-31(28)38-33(29)39)22-12-25(17-35-15-22)40-18-24(34)11-23-16-36-30-8-6-5-7-27(23)30/h5-10,12-17,24,36-37H,4,11,18,34H2,1-3H3,(H,38,39)/t24-/m0/s1. The normalized spacial score (nSPS) is 14.5. The van der Waals surface area contributed by atoms with Gasteiger partial charge in [0.15, 0.2) is 0 Å². The summed E-state index contributed by atoms with van der Waals surface area (Å²) >= 11 is 0. The van der Waals surface area contributed by atoms with E-state index < -0.39 is 0 Å². The van der Waals surface area contributed by atoms with Gasteiger partial charge in [-0.05, 0) is 79.3 Å². The number of hydrogen-bond acceptors (Lipinski definition) is 4. The van der Waals surface area contributed by atoms with Crippen LogP contribution in [0.3, 0.4) is 0 Å². The van der Waals surface area contributed by atoms with Gasteiger partial charge in [0.25, 0.3) is 5.91 Å². The summed E-state index contributed by atoms with van der Waals surface area (Å²) in [6.45, 7) is 6.69. The Morgan fingerprint density at radius 3 is 2.75 bits per heavy atom. The third kappa shape index (κ3) is 4.80. The molecule has 2 aromatic carbocycles. The number of hydrogen-bond donors (Lipinski definition) is 4. The van der Waals surface area contributed by atoms with Crippen molar-refractivity contribution in [2.45, 2.75) is 39.7 Å². The molecule has 0 spiro atoms. The van der Waals surface area contributed by atoms with Crippen LogP contribution in [0.25, 0.3) is 33.7 Å². The quantitative estimate of drug-likeness (QED) is 0.179. The lowest BCUT2D eigenvalue weighted by Gasteiger charge is -2.13. The van der Waals surface area contributed by atoms with Crippen LogP contribution in [0.15, 0.2) is 67.1 Å². The van der Waals surface area contributed by atoms with Crippen molar-refractivity contribution in [3.8, 4) is 16.9 Å². The molecule has 3 aromatic heterocycles. The molecule has 1 aliphatic rings. The maximum Gasteiger partial charge on any atom is 0.256 e. The van der Waals surface area contributed by atoms with E-state index in [9.17, 15) is 4.79 Å². The highest BCUT2D eigenvalue weighted by Gasteiger charge is 2.25. The Hall–Kier alpha value is -4.62. The van der Waals surface area contributed by atoms with Crippen LogP contribution in [-0.2, 0) is 17.6 Å². The summed E-state index contributed by atoms with van der Waals surface area (Å²) < 4.78 is 6.06. The predicted octanol–water partition coefficient (Wildman–Crippen LogP) is 6.18. The van der Waals surface area contributed by atoms with Crippen molar-refractivity contribution in [3.05, 3.63) is 101 Å². The van der Waals surface area contributed by atoms with Crippen molar-refractivity contribution in [1.29, 1.82) is 0 Å². The minimum absolute atomic E-state index is 0.101. The molecule has 0 saturated carbocycles. The van der Waals surface area contributed by atoms with Crippen LogP contribution in [0, 0.1) is 13.8 Å². The van der Waals surface area contributed by atoms with Gasteiger partial charge < -0.3 is 25.8 Å². The minimum atomic E-state index is -0.166.